The zero-order valence-electron chi connectivity index (χ0n) is 18.7. The van der Waals surface area contributed by atoms with E-state index in [4.69, 9.17) is 9.72 Å². The first-order valence-electron chi connectivity index (χ1n) is 11.2. The summed E-state index contributed by atoms with van der Waals surface area (Å²) in [4.78, 5) is 27.2. The smallest absolute Gasteiger partial charge is 0.261 e. The van der Waals surface area contributed by atoms with Crippen molar-refractivity contribution in [3.05, 3.63) is 75.6 Å². The first-order valence-corrected chi connectivity index (χ1v) is 12.0. The Labute approximate surface area is 205 Å². The molecule has 1 aliphatic rings. The molecule has 0 saturated carbocycles. The number of likely N-dealkylation sites (tertiary alicyclic amines) is 1. The normalized spacial score (nSPS) is 14.8. The number of aromatic nitrogens is 3. The Kier molecular flexibility index (Phi) is 6.46. The number of para-hydroxylation sites is 1. The quantitative estimate of drug-likeness (QED) is 0.324. The van der Waals surface area contributed by atoms with Crippen LogP contribution in [0.5, 0.6) is 11.5 Å². The van der Waals surface area contributed by atoms with Gasteiger partial charge in [0.2, 0.25) is 5.95 Å². The van der Waals surface area contributed by atoms with Gasteiger partial charge in [0.25, 0.3) is 5.56 Å². The third-order valence-electron chi connectivity index (χ3n) is 5.82. The number of hydrogen-bond donors (Lipinski definition) is 3. The van der Waals surface area contributed by atoms with Crippen molar-refractivity contribution in [2.24, 2.45) is 0 Å². The van der Waals surface area contributed by atoms with Gasteiger partial charge in [-0.15, -0.1) is 0 Å². The first-order chi connectivity index (χ1) is 16.5. The Morgan fingerprint density at radius 3 is 2.62 bits per heavy atom. The lowest BCUT2D eigenvalue weighted by Gasteiger charge is -2.29. The van der Waals surface area contributed by atoms with E-state index in [9.17, 15) is 4.79 Å². The van der Waals surface area contributed by atoms with Gasteiger partial charge in [0.1, 0.15) is 22.7 Å². The van der Waals surface area contributed by atoms with Crippen molar-refractivity contribution >= 4 is 44.3 Å². The number of rotatable bonds is 6. The van der Waals surface area contributed by atoms with Crippen molar-refractivity contribution < 1.29 is 4.74 Å². The minimum absolute atomic E-state index is 0.261. The molecule has 3 heterocycles. The number of halogens is 1. The number of fused-ring (bicyclic) bond motifs is 1. The van der Waals surface area contributed by atoms with Gasteiger partial charge in [0.05, 0.1) is 9.99 Å². The van der Waals surface area contributed by atoms with Crippen LogP contribution in [-0.2, 0) is 0 Å². The summed E-state index contributed by atoms with van der Waals surface area (Å²) < 4.78 is 6.65. The van der Waals surface area contributed by atoms with Crippen LogP contribution in [0.15, 0.2) is 70.1 Å². The summed E-state index contributed by atoms with van der Waals surface area (Å²) in [5.41, 5.74) is 1.04. The summed E-state index contributed by atoms with van der Waals surface area (Å²) >= 11 is 3.52. The Morgan fingerprint density at radius 2 is 1.82 bits per heavy atom. The zero-order valence-corrected chi connectivity index (χ0v) is 20.3. The minimum Gasteiger partial charge on any atom is -0.457 e. The second kappa shape index (κ2) is 9.82. The van der Waals surface area contributed by atoms with Crippen molar-refractivity contribution in [3.63, 3.8) is 0 Å². The zero-order chi connectivity index (χ0) is 23.5. The van der Waals surface area contributed by atoms with E-state index in [2.05, 4.69) is 48.5 Å². The molecule has 5 rings (SSSR count). The summed E-state index contributed by atoms with van der Waals surface area (Å²) in [5.74, 6) is 2.35. The summed E-state index contributed by atoms with van der Waals surface area (Å²) in [7, 11) is 2.13. The maximum Gasteiger partial charge on any atom is 0.261 e. The van der Waals surface area contributed by atoms with Gasteiger partial charge in [-0.3, -0.25) is 4.79 Å². The van der Waals surface area contributed by atoms with Gasteiger partial charge in [-0.05, 0) is 73.2 Å². The Bertz CT molecular complexity index is 1350. The second-order valence-corrected chi connectivity index (χ2v) is 9.23. The lowest BCUT2D eigenvalue weighted by molar-refractivity contribution is 0.263. The maximum absolute atomic E-state index is 12.7. The predicted octanol–water partition coefficient (Wildman–Crippen LogP) is 5.12. The van der Waals surface area contributed by atoms with E-state index in [-0.39, 0.29) is 11.6 Å². The fourth-order valence-corrected chi connectivity index (χ4v) is 4.41. The number of piperidine rings is 1. The fourth-order valence-electron chi connectivity index (χ4n) is 4.01. The Hall–Kier alpha value is -3.43. The van der Waals surface area contributed by atoms with Crippen molar-refractivity contribution in [1.29, 1.82) is 0 Å². The first kappa shape index (κ1) is 22.4. The molecular weight excluding hydrogens is 496 g/mol. The number of ether oxygens (including phenoxy) is 1. The molecule has 1 fully saturated rings. The SMILES string of the molecule is CN1CCC(Nc2nc(Nc3cccc(Oc4ccccc4)c3)c3c(=O)[nH]cc(Br)c3n2)CC1. The van der Waals surface area contributed by atoms with Crippen LogP contribution in [0, 0.1) is 0 Å². The number of pyridine rings is 1. The molecule has 0 radical (unpaired) electrons. The number of nitrogens with zero attached hydrogens (tertiary/aromatic N) is 3. The van der Waals surface area contributed by atoms with E-state index in [0.717, 1.165) is 37.4 Å². The number of nitrogens with one attached hydrogen (secondary N) is 3. The average Bonchev–Trinajstić information content (AvgIpc) is 2.84. The predicted molar refractivity (Wildman–Crippen MR) is 138 cm³/mol. The number of anilines is 3. The van der Waals surface area contributed by atoms with Crippen LogP contribution in [0.3, 0.4) is 0 Å². The molecule has 9 heteroatoms. The third kappa shape index (κ3) is 5.05. The van der Waals surface area contributed by atoms with Crippen LogP contribution in [0.25, 0.3) is 10.9 Å². The fraction of sp³-hybridized carbons (Fsp3) is 0.240. The number of H-pyrrole nitrogens is 1. The van der Waals surface area contributed by atoms with Crippen LogP contribution in [0.2, 0.25) is 0 Å². The highest BCUT2D eigenvalue weighted by molar-refractivity contribution is 9.10. The topological polar surface area (TPSA) is 95.2 Å². The van der Waals surface area contributed by atoms with Crippen LogP contribution in [0.4, 0.5) is 17.5 Å². The highest BCUT2D eigenvalue weighted by Gasteiger charge is 2.20. The summed E-state index contributed by atoms with van der Waals surface area (Å²) in [6, 6.07) is 17.4. The molecule has 2 aromatic heterocycles. The summed E-state index contributed by atoms with van der Waals surface area (Å²) in [6.07, 6.45) is 3.63. The van der Waals surface area contributed by atoms with Crippen molar-refractivity contribution in [1.82, 2.24) is 19.9 Å². The van der Waals surface area contributed by atoms with E-state index in [0.29, 0.717) is 32.9 Å². The van der Waals surface area contributed by atoms with Gasteiger partial charge >= 0.3 is 0 Å². The van der Waals surface area contributed by atoms with Gasteiger partial charge in [0, 0.05) is 24.0 Å². The second-order valence-electron chi connectivity index (χ2n) is 8.37. The molecule has 174 valence electrons. The van der Waals surface area contributed by atoms with Gasteiger partial charge in [-0.1, -0.05) is 24.3 Å². The van der Waals surface area contributed by atoms with E-state index in [1.165, 1.54) is 0 Å². The van der Waals surface area contributed by atoms with Crippen molar-refractivity contribution in [3.8, 4) is 11.5 Å². The van der Waals surface area contributed by atoms with Gasteiger partial charge in [0.15, 0.2) is 0 Å². The highest BCUT2D eigenvalue weighted by atomic mass is 79.9. The minimum atomic E-state index is -0.261. The van der Waals surface area contributed by atoms with E-state index < -0.39 is 0 Å². The molecule has 2 aromatic carbocycles. The maximum atomic E-state index is 12.7. The molecule has 0 atom stereocenters. The molecule has 0 amide bonds. The molecule has 34 heavy (non-hydrogen) atoms. The molecule has 0 unspecified atom stereocenters. The monoisotopic (exact) mass is 520 g/mol. The molecule has 0 bridgehead atoms. The summed E-state index contributed by atoms with van der Waals surface area (Å²) in [6.45, 7) is 2.04. The lowest BCUT2D eigenvalue weighted by atomic mass is 10.1. The Morgan fingerprint density at radius 1 is 1.06 bits per heavy atom. The molecule has 1 saturated heterocycles. The van der Waals surface area contributed by atoms with Crippen molar-refractivity contribution in [2.75, 3.05) is 30.8 Å². The molecule has 0 aliphatic carbocycles. The van der Waals surface area contributed by atoms with Crippen LogP contribution >= 0.6 is 15.9 Å². The third-order valence-corrected chi connectivity index (χ3v) is 6.42. The number of benzene rings is 2. The molecule has 3 N–H and O–H groups in total. The lowest BCUT2D eigenvalue weighted by Crippen LogP contribution is -2.37. The summed E-state index contributed by atoms with van der Waals surface area (Å²) in [5, 5.41) is 7.16. The molecule has 8 nitrogen and oxygen atoms in total. The van der Waals surface area contributed by atoms with Crippen LogP contribution in [0.1, 0.15) is 12.8 Å². The van der Waals surface area contributed by atoms with Gasteiger partial charge < -0.3 is 25.3 Å². The highest BCUT2D eigenvalue weighted by Crippen LogP contribution is 2.30. The van der Waals surface area contributed by atoms with E-state index >= 15 is 0 Å². The standard InChI is InChI=1S/C25H25BrN6O2/c1-32-12-10-16(11-13-32)29-25-30-22-20(26)15-27-24(33)21(22)23(31-25)28-17-6-5-9-19(14-17)34-18-7-3-2-4-8-18/h2-9,14-16H,10-13H2,1H3,(H,27,33)(H2,28,29,30,31). The van der Waals surface area contributed by atoms with Crippen molar-refractivity contribution in [2.45, 2.75) is 18.9 Å². The van der Waals surface area contributed by atoms with Crippen LogP contribution in [-0.4, -0.2) is 46.0 Å². The van der Waals surface area contributed by atoms with E-state index in [1.54, 1.807) is 6.20 Å². The average molecular weight is 521 g/mol. The molecule has 0 spiro atoms. The van der Waals surface area contributed by atoms with Gasteiger partial charge in [-0.2, -0.15) is 4.98 Å². The number of hydrogen-bond acceptors (Lipinski definition) is 7. The van der Waals surface area contributed by atoms with Crippen LogP contribution < -0.4 is 20.9 Å². The number of aromatic amines is 1. The molecule has 4 aromatic rings. The molecule has 1 aliphatic heterocycles. The van der Waals surface area contributed by atoms with Gasteiger partial charge in [-0.25, -0.2) is 4.98 Å². The molecular formula is C25H25BrN6O2. The van der Waals surface area contributed by atoms with E-state index in [1.807, 2.05) is 54.6 Å². The largest absolute Gasteiger partial charge is 0.457 e. The Balaban J connectivity index is 1.48.